The van der Waals surface area contributed by atoms with E-state index in [2.05, 4.69) is 45.8 Å². The van der Waals surface area contributed by atoms with Crippen molar-refractivity contribution in [3.63, 3.8) is 0 Å². The van der Waals surface area contributed by atoms with E-state index in [0.717, 1.165) is 62.4 Å². The largest absolute Gasteiger partial charge is 0.391 e. The molecule has 1 fully saturated rings. The predicted molar refractivity (Wildman–Crippen MR) is 119 cm³/mol. The first kappa shape index (κ1) is 23.5. The summed E-state index contributed by atoms with van der Waals surface area (Å²) in [4.78, 5) is 6.86. The van der Waals surface area contributed by atoms with E-state index >= 15 is 0 Å². The highest BCUT2D eigenvalue weighted by Gasteiger charge is 2.22. The summed E-state index contributed by atoms with van der Waals surface area (Å²) < 4.78 is 2.24. The second-order valence-corrected chi connectivity index (χ2v) is 7.61. The smallest absolute Gasteiger partial charge is 0.194 e. The number of aliphatic imine (C=N–C) groups is 1. The van der Waals surface area contributed by atoms with Crippen molar-refractivity contribution >= 4 is 41.7 Å². The molecule has 0 bridgehead atoms. The molecule has 1 atom stereocenters. The zero-order valence-electron chi connectivity index (χ0n) is 16.3. The standard InChI is InChI=1S/C17H32N6OS.HI/c1-5-18-16(22-10-8-14(24)12-22)19-9-6-7-15-20-21-17(25-4)23(15)11-13(2)3;/h13-14,24H,5-12H2,1-4H3,(H,18,19);1H/t14-;/m1./s1. The van der Waals surface area contributed by atoms with Crippen LogP contribution in [0.5, 0.6) is 0 Å². The van der Waals surface area contributed by atoms with Gasteiger partial charge in [-0.2, -0.15) is 0 Å². The first-order chi connectivity index (χ1) is 12.0. The first-order valence-electron chi connectivity index (χ1n) is 9.22. The average molecular weight is 496 g/mol. The molecular weight excluding hydrogens is 463 g/mol. The number of guanidine groups is 1. The van der Waals surface area contributed by atoms with Gasteiger partial charge in [0, 0.05) is 39.1 Å². The van der Waals surface area contributed by atoms with E-state index < -0.39 is 0 Å². The fraction of sp³-hybridized carbons (Fsp3) is 0.824. The monoisotopic (exact) mass is 496 g/mol. The number of nitrogens with one attached hydrogen (secondary N) is 1. The molecule has 0 saturated carbocycles. The van der Waals surface area contributed by atoms with Gasteiger partial charge in [0.15, 0.2) is 11.1 Å². The van der Waals surface area contributed by atoms with Crippen molar-refractivity contribution in [1.82, 2.24) is 25.0 Å². The molecule has 1 saturated heterocycles. The van der Waals surface area contributed by atoms with Gasteiger partial charge in [0.1, 0.15) is 5.82 Å². The number of β-amino-alcohol motifs (C(OH)–C–C–N with tert-alkyl or cyclic N) is 1. The molecular formula is C17H33IN6OS. The summed E-state index contributed by atoms with van der Waals surface area (Å²) in [5.74, 6) is 2.53. The molecule has 2 rings (SSSR count). The van der Waals surface area contributed by atoms with Crippen LogP contribution in [0.3, 0.4) is 0 Å². The molecule has 0 aliphatic carbocycles. The normalized spacial score (nSPS) is 17.7. The second kappa shape index (κ2) is 12.0. The second-order valence-electron chi connectivity index (χ2n) is 6.84. The third kappa shape index (κ3) is 6.88. The Kier molecular flexibility index (Phi) is 10.9. The van der Waals surface area contributed by atoms with Crippen LogP contribution in [0.15, 0.2) is 10.1 Å². The van der Waals surface area contributed by atoms with Gasteiger partial charge in [0.25, 0.3) is 0 Å². The zero-order valence-corrected chi connectivity index (χ0v) is 19.5. The van der Waals surface area contributed by atoms with E-state index in [-0.39, 0.29) is 30.1 Å². The van der Waals surface area contributed by atoms with Gasteiger partial charge in [-0.1, -0.05) is 25.6 Å². The van der Waals surface area contributed by atoms with E-state index in [4.69, 9.17) is 4.99 Å². The van der Waals surface area contributed by atoms with Gasteiger partial charge in [0.05, 0.1) is 6.10 Å². The molecule has 150 valence electrons. The minimum atomic E-state index is -0.233. The Labute approximate surface area is 178 Å². The highest BCUT2D eigenvalue weighted by atomic mass is 127. The van der Waals surface area contributed by atoms with Gasteiger partial charge < -0.3 is 19.9 Å². The number of aryl methyl sites for hydroxylation is 1. The van der Waals surface area contributed by atoms with Gasteiger partial charge >= 0.3 is 0 Å². The fourth-order valence-corrected chi connectivity index (χ4v) is 3.51. The van der Waals surface area contributed by atoms with Crippen molar-refractivity contribution in [2.75, 3.05) is 32.4 Å². The van der Waals surface area contributed by atoms with Crippen molar-refractivity contribution < 1.29 is 5.11 Å². The van der Waals surface area contributed by atoms with Gasteiger partial charge in [-0.05, 0) is 31.9 Å². The molecule has 1 aliphatic heterocycles. The van der Waals surface area contributed by atoms with E-state index in [1.54, 1.807) is 11.8 Å². The van der Waals surface area contributed by atoms with Crippen LogP contribution in [0.2, 0.25) is 0 Å². The van der Waals surface area contributed by atoms with Crippen LogP contribution in [0.4, 0.5) is 0 Å². The van der Waals surface area contributed by atoms with Crippen LogP contribution < -0.4 is 5.32 Å². The van der Waals surface area contributed by atoms with Crippen LogP contribution in [0.1, 0.15) is 39.4 Å². The lowest BCUT2D eigenvalue weighted by atomic mass is 10.2. The topological polar surface area (TPSA) is 78.6 Å². The van der Waals surface area contributed by atoms with Crippen LogP contribution in [0, 0.1) is 5.92 Å². The lowest BCUT2D eigenvalue weighted by Crippen LogP contribution is -2.40. The number of thioether (sulfide) groups is 1. The zero-order chi connectivity index (χ0) is 18.2. The van der Waals surface area contributed by atoms with Gasteiger partial charge in [-0.15, -0.1) is 34.2 Å². The summed E-state index contributed by atoms with van der Waals surface area (Å²) in [5.41, 5.74) is 0. The summed E-state index contributed by atoms with van der Waals surface area (Å²) in [5, 5.41) is 22.7. The average Bonchev–Trinajstić information content (AvgIpc) is 3.16. The van der Waals surface area contributed by atoms with Crippen LogP contribution in [-0.2, 0) is 13.0 Å². The van der Waals surface area contributed by atoms with Crippen LogP contribution in [-0.4, -0.2) is 69.3 Å². The highest BCUT2D eigenvalue weighted by molar-refractivity contribution is 14.0. The molecule has 0 radical (unpaired) electrons. The van der Waals surface area contributed by atoms with E-state index in [1.165, 1.54) is 0 Å². The number of halogens is 1. The maximum absolute atomic E-state index is 9.72. The molecule has 7 nitrogen and oxygen atoms in total. The molecule has 26 heavy (non-hydrogen) atoms. The first-order valence-corrected chi connectivity index (χ1v) is 10.4. The Balaban J connectivity index is 0.00000338. The summed E-state index contributed by atoms with van der Waals surface area (Å²) in [6.07, 6.45) is 4.45. The van der Waals surface area contributed by atoms with Gasteiger partial charge in [-0.3, -0.25) is 4.99 Å². The van der Waals surface area contributed by atoms with Crippen molar-refractivity contribution in [2.45, 2.75) is 57.8 Å². The van der Waals surface area contributed by atoms with E-state index in [1.807, 2.05) is 6.26 Å². The summed E-state index contributed by atoms with van der Waals surface area (Å²) in [7, 11) is 0. The number of aliphatic hydroxyl groups excluding tert-OH is 1. The molecule has 1 aromatic rings. The number of rotatable bonds is 8. The molecule has 0 amide bonds. The van der Waals surface area contributed by atoms with Crippen LogP contribution in [0.25, 0.3) is 0 Å². The Bertz CT molecular complexity index is 565. The maximum atomic E-state index is 9.72. The quantitative estimate of drug-likeness (QED) is 0.189. The van der Waals surface area contributed by atoms with E-state index in [0.29, 0.717) is 12.5 Å². The number of likely N-dealkylation sites (tertiary alicyclic amines) is 1. The molecule has 1 aliphatic rings. The lowest BCUT2D eigenvalue weighted by Gasteiger charge is -2.20. The Hall–Kier alpha value is -0.550. The lowest BCUT2D eigenvalue weighted by molar-refractivity contribution is 0.188. The third-order valence-corrected chi connectivity index (χ3v) is 4.81. The van der Waals surface area contributed by atoms with Gasteiger partial charge in [-0.25, -0.2) is 0 Å². The summed E-state index contributed by atoms with van der Waals surface area (Å²) in [6.45, 7) is 10.6. The van der Waals surface area contributed by atoms with Crippen LogP contribution >= 0.6 is 35.7 Å². The fourth-order valence-electron chi connectivity index (χ4n) is 2.99. The van der Waals surface area contributed by atoms with Crippen molar-refractivity contribution in [3.05, 3.63) is 5.82 Å². The molecule has 2 N–H and O–H groups in total. The van der Waals surface area contributed by atoms with E-state index in [9.17, 15) is 5.11 Å². The molecule has 1 aromatic heterocycles. The SMILES string of the molecule is CCNC(=NCCCc1nnc(SC)n1CC(C)C)N1CC[C@@H](O)C1.I. The molecule has 2 heterocycles. The molecule has 0 spiro atoms. The number of hydrogen-bond donors (Lipinski definition) is 2. The van der Waals surface area contributed by atoms with Gasteiger partial charge in [0.2, 0.25) is 0 Å². The Morgan fingerprint density at radius 2 is 2.19 bits per heavy atom. The maximum Gasteiger partial charge on any atom is 0.194 e. The van der Waals surface area contributed by atoms with Crippen molar-refractivity contribution in [3.8, 4) is 0 Å². The third-order valence-electron chi connectivity index (χ3n) is 4.14. The highest BCUT2D eigenvalue weighted by Crippen LogP contribution is 2.17. The summed E-state index contributed by atoms with van der Waals surface area (Å²) in [6, 6.07) is 0. The predicted octanol–water partition coefficient (Wildman–Crippen LogP) is 2.24. The van der Waals surface area contributed by atoms with Crippen molar-refractivity contribution in [2.24, 2.45) is 10.9 Å². The number of nitrogens with zero attached hydrogens (tertiary/aromatic N) is 5. The summed E-state index contributed by atoms with van der Waals surface area (Å²) >= 11 is 1.65. The number of aliphatic hydroxyl groups is 1. The molecule has 9 heteroatoms. The molecule has 0 unspecified atom stereocenters. The number of hydrogen-bond acceptors (Lipinski definition) is 5. The minimum absolute atomic E-state index is 0. The van der Waals surface area contributed by atoms with Crippen molar-refractivity contribution in [1.29, 1.82) is 0 Å². The minimum Gasteiger partial charge on any atom is -0.391 e. The number of aromatic nitrogens is 3. The Morgan fingerprint density at radius 3 is 2.77 bits per heavy atom. The molecule has 0 aromatic carbocycles. The Morgan fingerprint density at radius 1 is 1.42 bits per heavy atom.